The van der Waals surface area contributed by atoms with Gasteiger partial charge < -0.3 is 10.2 Å². The van der Waals surface area contributed by atoms with Crippen LogP contribution in [0.15, 0.2) is 0 Å². The lowest BCUT2D eigenvalue weighted by Gasteiger charge is -2.08. The SMILES string of the molecule is CCCC(O)CCCCCCCCCCCC(O)F. The molecule has 0 saturated carbocycles. The van der Waals surface area contributed by atoms with Gasteiger partial charge in [-0.25, -0.2) is 4.39 Å². The predicted octanol–water partition coefficient (Wildman–Crippen LogP) is 4.73. The molecule has 0 spiro atoms. The fourth-order valence-electron chi connectivity index (χ4n) is 2.41. The highest BCUT2D eigenvalue weighted by Gasteiger charge is 2.01. The molecule has 0 aliphatic rings. The molecule has 0 bridgehead atoms. The molecule has 0 aliphatic carbocycles. The Morgan fingerprint density at radius 2 is 1.11 bits per heavy atom. The summed E-state index contributed by atoms with van der Waals surface area (Å²) in [5, 5.41) is 18.0. The molecular weight excluding hydrogens is 243 g/mol. The standard InChI is InChI=1S/C16H33FO2/c1-2-12-15(18)13-10-8-6-4-3-5-7-9-11-14-16(17)19/h15-16,18-19H,2-14H2,1H3. The minimum atomic E-state index is -1.62. The zero-order valence-electron chi connectivity index (χ0n) is 12.6. The summed E-state index contributed by atoms with van der Waals surface area (Å²) in [6, 6.07) is 0. The molecular formula is C16H33FO2. The van der Waals surface area contributed by atoms with E-state index < -0.39 is 6.36 Å². The monoisotopic (exact) mass is 276 g/mol. The first-order valence-corrected chi connectivity index (χ1v) is 8.17. The molecule has 0 radical (unpaired) electrons. The number of halogens is 1. The average Bonchev–Trinajstić information content (AvgIpc) is 2.36. The van der Waals surface area contributed by atoms with E-state index in [1.165, 1.54) is 32.1 Å². The Labute approximate surface area is 118 Å². The van der Waals surface area contributed by atoms with Crippen molar-refractivity contribution in [3.8, 4) is 0 Å². The van der Waals surface area contributed by atoms with Crippen LogP contribution >= 0.6 is 0 Å². The van der Waals surface area contributed by atoms with Gasteiger partial charge in [-0.1, -0.05) is 64.7 Å². The van der Waals surface area contributed by atoms with Crippen LogP contribution in [0.25, 0.3) is 0 Å². The summed E-state index contributed by atoms with van der Waals surface area (Å²) < 4.78 is 12.1. The second-order valence-corrected chi connectivity index (χ2v) is 5.64. The lowest BCUT2D eigenvalue weighted by atomic mass is 10.0. The van der Waals surface area contributed by atoms with E-state index in [0.29, 0.717) is 6.42 Å². The molecule has 0 fully saturated rings. The zero-order chi connectivity index (χ0) is 14.3. The van der Waals surface area contributed by atoms with E-state index in [9.17, 15) is 9.50 Å². The maximum Gasteiger partial charge on any atom is 0.196 e. The summed E-state index contributed by atoms with van der Waals surface area (Å²) >= 11 is 0. The minimum Gasteiger partial charge on any atom is -0.393 e. The Bertz CT molecular complexity index is 174. The largest absolute Gasteiger partial charge is 0.393 e. The van der Waals surface area contributed by atoms with Crippen LogP contribution in [0.3, 0.4) is 0 Å². The van der Waals surface area contributed by atoms with Gasteiger partial charge in [0.2, 0.25) is 0 Å². The van der Waals surface area contributed by atoms with Gasteiger partial charge in [0.25, 0.3) is 0 Å². The summed E-state index contributed by atoms with van der Waals surface area (Å²) in [5.74, 6) is 0. The minimum absolute atomic E-state index is 0.0872. The van der Waals surface area contributed by atoms with Gasteiger partial charge in [-0.2, -0.15) is 0 Å². The van der Waals surface area contributed by atoms with Crippen LogP contribution < -0.4 is 0 Å². The van der Waals surface area contributed by atoms with Crippen molar-refractivity contribution in [2.75, 3.05) is 0 Å². The van der Waals surface area contributed by atoms with Crippen LogP contribution in [0, 0.1) is 0 Å². The van der Waals surface area contributed by atoms with E-state index in [4.69, 9.17) is 5.11 Å². The van der Waals surface area contributed by atoms with Crippen molar-refractivity contribution in [3.63, 3.8) is 0 Å². The van der Waals surface area contributed by atoms with Crippen LogP contribution in [-0.2, 0) is 0 Å². The summed E-state index contributed by atoms with van der Waals surface area (Å²) in [6.07, 6.45) is 11.9. The number of unbranched alkanes of at least 4 members (excludes halogenated alkanes) is 8. The van der Waals surface area contributed by atoms with E-state index in [1.807, 2.05) is 0 Å². The maximum absolute atomic E-state index is 12.1. The smallest absolute Gasteiger partial charge is 0.196 e. The highest BCUT2D eigenvalue weighted by atomic mass is 19.1. The molecule has 2 atom stereocenters. The third kappa shape index (κ3) is 15.8. The van der Waals surface area contributed by atoms with Crippen LogP contribution in [0.4, 0.5) is 4.39 Å². The van der Waals surface area contributed by atoms with Crippen LogP contribution in [-0.4, -0.2) is 22.7 Å². The van der Waals surface area contributed by atoms with Gasteiger partial charge in [-0.15, -0.1) is 0 Å². The van der Waals surface area contributed by atoms with Crippen LogP contribution in [0.1, 0.15) is 90.4 Å². The van der Waals surface area contributed by atoms with Crippen molar-refractivity contribution in [2.45, 2.75) is 103 Å². The first-order chi connectivity index (χ1) is 9.16. The maximum atomic E-state index is 12.1. The van der Waals surface area contributed by atoms with Gasteiger partial charge >= 0.3 is 0 Å². The molecule has 0 rings (SSSR count). The van der Waals surface area contributed by atoms with E-state index in [1.54, 1.807) is 0 Å². The van der Waals surface area contributed by atoms with Gasteiger partial charge in [0, 0.05) is 6.42 Å². The van der Waals surface area contributed by atoms with Crippen molar-refractivity contribution in [3.05, 3.63) is 0 Å². The lowest BCUT2D eigenvalue weighted by molar-refractivity contribution is 0.0323. The quantitative estimate of drug-likeness (QED) is 0.450. The van der Waals surface area contributed by atoms with Crippen LogP contribution in [0.5, 0.6) is 0 Å². The molecule has 0 aliphatic heterocycles. The number of aliphatic hydroxyl groups is 2. The Hall–Kier alpha value is -0.150. The van der Waals surface area contributed by atoms with Crippen molar-refractivity contribution in [1.29, 1.82) is 0 Å². The zero-order valence-corrected chi connectivity index (χ0v) is 12.6. The van der Waals surface area contributed by atoms with E-state index in [2.05, 4.69) is 6.92 Å². The molecule has 0 aromatic carbocycles. The third-order valence-corrected chi connectivity index (χ3v) is 3.60. The van der Waals surface area contributed by atoms with Gasteiger partial charge in [0.15, 0.2) is 6.36 Å². The van der Waals surface area contributed by atoms with Crippen molar-refractivity contribution >= 4 is 0 Å². The molecule has 0 amide bonds. The van der Waals surface area contributed by atoms with Gasteiger partial charge in [-0.3, -0.25) is 0 Å². The molecule has 2 nitrogen and oxygen atoms in total. The lowest BCUT2D eigenvalue weighted by Crippen LogP contribution is -2.04. The molecule has 2 unspecified atom stereocenters. The second-order valence-electron chi connectivity index (χ2n) is 5.64. The number of hydrogen-bond acceptors (Lipinski definition) is 2. The summed E-state index contributed by atoms with van der Waals surface area (Å²) in [4.78, 5) is 0. The van der Waals surface area contributed by atoms with Crippen molar-refractivity contribution in [2.24, 2.45) is 0 Å². The molecule has 0 aromatic rings. The number of alkyl halides is 1. The number of aliphatic hydroxyl groups excluding tert-OH is 2. The molecule has 0 saturated heterocycles. The fraction of sp³-hybridized carbons (Fsp3) is 1.00. The molecule has 19 heavy (non-hydrogen) atoms. The normalized spacial score (nSPS) is 14.5. The summed E-state index contributed by atoms with van der Waals surface area (Å²) in [6.45, 7) is 2.11. The van der Waals surface area contributed by atoms with Crippen molar-refractivity contribution in [1.82, 2.24) is 0 Å². The third-order valence-electron chi connectivity index (χ3n) is 3.60. The average molecular weight is 276 g/mol. The number of hydrogen-bond donors (Lipinski definition) is 2. The van der Waals surface area contributed by atoms with E-state index in [-0.39, 0.29) is 6.10 Å². The molecule has 2 N–H and O–H groups in total. The Kier molecular flexibility index (Phi) is 14.2. The van der Waals surface area contributed by atoms with Crippen molar-refractivity contribution < 1.29 is 14.6 Å². The summed E-state index contributed by atoms with van der Waals surface area (Å²) in [5.41, 5.74) is 0. The van der Waals surface area contributed by atoms with E-state index in [0.717, 1.165) is 44.9 Å². The Balaban J connectivity index is 3.03. The molecule has 0 aromatic heterocycles. The van der Waals surface area contributed by atoms with Gasteiger partial charge in [-0.05, 0) is 19.3 Å². The first kappa shape index (κ1) is 18.9. The highest BCUT2D eigenvalue weighted by molar-refractivity contribution is 4.55. The highest BCUT2D eigenvalue weighted by Crippen LogP contribution is 2.13. The topological polar surface area (TPSA) is 40.5 Å². The van der Waals surface area contributed by atoms with Crippen LogP contribution in [0.2, 0.25) is 0 Å². The Morgan fingerprint density at radius 3 is 1.53 bits per heavy atom. The molecule has 0 heterocycles. The van der Waals surface area contributed by atoms with Gasteiger partial charge in [0.05, 0.1) is 6.10 Å². The van der Waals surface area contributed by atoms with Gasteiger partial charge in [0.1, 0.15) is 0 Å². The molecule has 116 valence electrons. The summed E-state index contributed by atoms with van der Waals surface area (Å²) in [7, 11) is 0. The molecule has 3 heteroatoms. The second kappa shape index (κ2) is 14.3. The number of rotatable bonds is 14. The Morgan fingerprint density at radius 1 is 0.684 bits per heavy atom. The van der Waals surface area contributed by atoms with E-state index >= 15 is 0 Å². The predicted molar refractivity (Wildman–Crippen MR) is 78.8 cm³/mol. The first-order valence-electron chi connectivity index (χ1n) is 8.17. The fourth-order valence-corrected chi connectivity index (χ4v) is 2.41.